The fourth-order valence-electron chi connectivity index (χ4n) is 2.19. The number of rotatable bonds is 7. The summed E-state index contributed by atoms with van der Waals surface area (Å²) < 4.78 is 34.6. The molecule has 128 valence electrons. The van der Waals surface area contributed by atoms with Crippen LogP contribution in [0.3, 0.4) is 0 Å². The van der Waals surface area contributed by atoms with Gasteiger partial charge in [-0.3, -0.25) is 10.1 Å². The molecule has 1 aromatic rings. The standard InChI is InChI=1S/C16H18N2O5S/c1-22-13-4-6-14(7-5-13)24(20,21)10-2-3-15(19)18-16-12(11-17)8-9-23-16/h4-7H,2-3,8-10H2,1H3,(H,18,19). The molecular formula is C16H18N2O5S. The van der Waals surface area contributed by atoms with Crippen LogP contribution >= 0.6 is 0 Å². The molecule has 1 amide bonds. The van der Waals surface area contributed by atoms with Crippen LogP contribution in [0.2, 0.25) is 0 Å². The first kappa shape index (κ1) is 17.8. The number of hydrogen-bond acceptors (Lipinski definition) is 6. The Kier molecular flexibility index (Phi) is 5.82. The highest BCUT2D eigenvalue weighted by Gasteiger charge is 2.19. The van der Waals surface area contributed by atoms with Gasteiger partial charge in [-0.1, -0.05) is 0 Å². The first-order chi connectivity index (χ1) is 11.5. The van der Waals surface area contributed by atoms with Crippen molar-refractivity contribution >= 4 is 15.7 Å². The van der Waals surface area contributed by atoms with E-state index in [1.54, 1.807) is 12.1 Å². The maximum Gasteiger partial charge on any atom is 0.226 e. The highest BCUT2D eigenvalue weighted by Crippen LogP contribution is 2.18. The van der Waals surface area contributed by atoms with Crippen molar-refractivity contribution in [2.24, 2.45) is 0 Å². The predicted molar refractivity (Wildman–Crippen MR) is 85.6 cm³/mol. The van der Waals surface area contributed by atoms with E-state index in [1.165, 1.54) is 19.2 Å². The van der Waals surface area contributed by atoms with Gasteiger partial charge in [-0.05, 0) is 30.7 Å². The Labute approximate surface area is 140 Å². The Morgan fingerprint density at radius 3 is 2.71 bits per heavy atom. The number of sulfone groups is 1. The smallest absolute Gasteiger partial charge is 0.226 e. The zero-order valence-corrected chi connectivity index (χ0v) is 14.1. The largest absolute Gasteiger partial charge is 0.497 e. The molecular weight excluding hydrogens is 332 g/mol. The van der Waals surface area contributed by atoms with Crippen molar-refractivity contribution in [3.8, 4) is 11.8 Å². The molecule has 7 nitrogen and oxygen atoms in total. The molecule has 2 rings (SSSR count). The van der Waals surface area contributed by atoms with Crippen molar-refractivity contribution in [3.63, 3.8) is 0 Å². The SMILES string of the molecule is COc1ccc(S(=O)(=O)CCCC(=O)NC2=C(C#N)CCO2)cc1. The molecule has 1 aliphatic heterocycles. The number of nitrogens with zero attached hydrogens (tertiary/aromatic N) is 1. The lowest BCUT2D eigenvalue weighted by Gasteiger charge is -2.08. The average molecular weight is 350 g/mol. The van der Waals surface area contributed by atoms with Crippen LogP contribution in [0.1, 0.15) is 19.3 Å². The van der Waals surface area contributed by atoms with Gasteiger partial charge in [0.25, 0.3) is 0 Å². The molecule has 1 aromatic carbocycles. The zero-order valence-electron chi connectivity index (χ0n) is 13.2. The second kappa shape index (κ2) is 7.84. The fraction of sp³-hybridized carbons (Fsp3) is 0.375. The molecule has 0 saturated carbocycles. The van der Waals surface area contributed by atoms with Crippen LogP contribution in [0, 0.1) is 11.3 Å². The molecule has 0 bridgehead atoms. The lowest BCUT2D eigenvalue weighted by Crippen LogP contribution is -2.24. The summed E-state index contributed by atoms with van der Waals surface area (Å²) in [6, 6.07) is 8.07. The molecule has 8 heteroatoms. The summed E-state index contributed by atoms with van der Waals surface area (Å²) in [7, 11) is -1.95. The highest BCUT2D eigenvalue weighted by atomic mass is 32.2. The van der Waals surface area contributed by atoms with Crippen molar-refractivity contribution in [3.05, 3.63) is 35.7 Å². The van der Waals surface area contributed by atoms with E-state index < -0.39 is 9.84 Å². The third-order valence-electron chi connectivity index (χ3n) is 3.50. The van der Waals surface area contributed by atoms with Crippen molar-refractivity contribution in [1.82, 2.24) is 5.32 Å². The number of nitriles is 1. The molecule has 0 aliphatic carbocycles. The lowest BCUT2D eigenvalue weighted by atomic mass is 10.2. The summed E-state index contributed by atoms with van der Waals surface area (Å²) in [5, 5.41) is 11.4. The summed E-state index contributed by atoms with van der Waals surface area (Å²) in [5.41, 5.74) is 0.397. The summed E-state index contributed by atoms with van der Waals surface area (Å²) in [5.74, 6) is 0.245. The van der Waals surface area contributed by atoms with Crippen molar-refractivity contribution in [1.29, 1.82) is 5.26 Å². The number of methoxy groups -OCH3 is 1. The zero-order chi connectivity index (χ0) is 17.6. The molecule has 1 heterocycles. The Balaban J connectivity index is 1.86. The monoisotopic (exact) mass is 350 g/mol. The van der Waals surface area contributed by atoms with Gasteiger partial charge >= 0.3 is 0 Å². The van der Waals surface area contributed by atoms with E-state index in [0.717, 1.165) is 0 Å². The number of amides is 1. The molecule has 0 spiro atoms. The number of benzene rings is 1. The quantitative estimate of drug-likeness (QED) is 0.799. The molecule has 0 unspecified atom stereocenters. The topological polar surface area (TPSA) is 105 Å². The molecule has 0 aromatic heterocycles. The van der Waals surface area contributed by atoms with E-state index in [9.17, 15) is 13.2 Å². The normalized spacial score (nSPS) is 14.0. The highest BCUT2D eigenvalue weighted by molar-refractivity contribution is 7.91. The lowest BCUT2D eigenvalue weighted by molar-refractivity contribution is -0.121. The number of ether oxygens (including phenoxy) is 2. The minimum absolute atomic E-state index is 0.0287. The van der Waals surface area contributed by atoms with Crippen molar-refractivity contribution < 1.29 is 22.7 Å². The van der Waals surface area contributed by atoms with Gasteiger partial charge in [0.05, 0.1) is 29.9 Å². The third-order valence-corrected chi connectivity index (χ3v) is 5.31. The van der Waals surface area contributed by atoms with Gasteiger partial charge < -0.3 is 9.47 Å². The number of carbonyl (C=O) groups excluding carboxylic acids is 1. The minimum Gasteiger partial charge on any atom is -0.497 e. The van der Waals surface area contributed by atoms with Gasteiger partial charge in [0.2, 0.25) is 11.8 Å². The fourth-order valence-corrected chi connectivity index (χ4v) is 3.50. The van der Waals surface area contributed by atoms with Crippen LogP contribution in [0.15, 0.2) is 40.6 Å². The molecule has 1 N–H and O–H groups in total. The van der Waals surface area contributed by atoms with E-state index >= 15 is 0 Å². The summed E-state index contributed by atoms with van der Waals surface area (Å²) >= 11 is 0. The first-order valence-corrected chi connectivity index (χ1v) is 9.04. The number of hydrogen-bond donors (Lipinski definition) is 1. The Bertz CT molecular complexity index is 776. The second-order valence-electron chi connectivity index (χ2n) is 5.16. The van der Waals surface area contributed by atoms with E-state index in [4.69, 9.17) is 14.7 Å². The molecule has 0 fully saturated rings. The summed E-state index contributed by atoms with van der Waals surface area (Å²) in [6.07, 6.45) is 0.675. The average Bonchev–Trinajstić information content (AvgIpc) is 3.01. The Morgan fingerprint density at radius 2 is 2.08 bits per heavy atom. The maximum atomic E-state index is 12.2. The summed E-state index contributed by atoms with van der Waals surface area (Å²) in [4.78, 5) is 12.0. The van der Waals surface area contributed by atoms with Gasteiger partial charge in [-0.25, -0.2) is 8.42 Å². The first-order valence-electron chi connectivity index (χ1n) is 7.39. The van der Waals surface area contributed by atoms with Gasteiger partial charge in [0, 0.05) is 12.8 Å². The second-order valence-corrected chi connectivity index (χ2v) is 7.27. The Hall–Kier alpha value is -2.53. The molecule has 1 aliphatic rings. The van der Waals surface area contributed by atoms with Gasteiger partial charge in [-0.2, -0.15) is 5.26 Å². The molecule has 0 saturated heterocycles. The van der Waals surface area contributed by atoms with Crippen LogP contribution in [0.4, 0.5) is 0 Å². The maximum absolute atomic E-state index is 12.2. The number of nitrogens with one attached hydrogen (secondary N) is 1. The van der Waals surface area contributed by atoms with Crippen LogP contribution in [0.5, 0.6) is 5.75 Å². The van der Waals surface area contributed by atoms with Crippen LogP contribution < -0.4 is 10.1 Å². The minimum atomic E-state index is -3.45. The Morgan fingerprint density at radius 1 is 1.38 bits per heavy atom. The predicted octanol–water partition coefficient (Wildman–Crippen LogP) is 1.52. The van der Waals surface area contributed by atoms with Crippen molar-refractivity contribution in [2.75, 3.05) is 19.5 Å². The van der Waals surface area contributed by atoms with Crippen molar-refractivity contribution in [2.45, 2.75) is 24.2 Å². The third kappa shape index (κ3) is 4.49. The van der Waals surface area contributed by atoms with Gasteiger partial charge in [-0.15, -0.1) is 0 Å². The molecule has 24 heavy (non-hydrogen) atoms. The summed E-state index contributed by atoms with van der Waals surface area (Å²) in [6.45, 7) is 0.365. The van der Waals surface area contributed by atoms with E-state index in [2.05, 4.69) is 5.32 Å². The van der Waals surface area contributed by atoms with E-state index in [0.29, 0.717) is 24.4 Å². The van der Waals surface area contributed by atoms with Crippen LogP contribution in [-0.2, 0) is 19.4 Å². The van der Waals surface area contributed by atoms with Gasteiger partial charge in [0.1, 0.15) is 11.8 Å². The molecule has 0 radical (unpaired) electrons. The molecule has 0 atom stereocenters. The van der Waals surface area contributed by atoms with Crippen LogP contribution in [0.25, 0.3) is 0 Å². The number of carbonyl (C=O) groups is 1. The van der Waals surface area contributed by atoms with E-state index in [-0.39, 0.29) is 35.3 Å². The van der Waals surface area contributed by atoms with Crippen LogP contribution in [-0.4, -0.2) is 33.8 Å². The van der Waals surface area contributed by atoms with Gasteiger partial charge in [0.15, 0.2) is 9.84 Å². The van der Waals surface area contributed by atoms with E-state index in [1.807, 2.05) is 6.07 Å².